The van der Waals surface area contributed by atoms with E-state index < -0.39 is 17.6 Å². The zero-order valence-corrected chi connectivity index (χ0v) is 49.9. The molecule has 2 N–H and O–H groups in total. The quantitative estimate of drug-likeness (QED) is 0.0332. The number of rotatable bonds is 27. The number of ketones is 1. The van der Waals surface area contributed by atoms with Gasteiger partial charge in [0.1, 0.15) is 5.76 Å². The zero-order chi connectivity index (χ0) is 55.1. The van der Waals surface area contributed by atoms with E-state index in [1.54, 1.807) is 25.1 Å². The summed E-state index contributed by atoms with van der Waals surface area (Å²) in [7, 11) is 0. The van der Waals surface area contributed by atoms with E-state index in [9.17, 15) is 19.5 Å². The molecule has 0 unspecified atom stereocenters. The van der Waals surface area contributed by atoms with Gasteiger partial charge in [0.05, 0.1) is 72.5 Å². The Kier molecular flexibility index (Phi) is 21.2. The van der Waals surface area contributed by atoms with Gasteiger partial charge in [-0.15, -0.1) is 0 Å². The molecule has 0 saturated carbocycles. The normalized spacial score (nSPS) is 16.6. The monoisotopic (exact) mass is 1250 g/mol. The third-order valence-corrected chi connectivity index (χ3v) is 16.0. The SMILES string of the molecule is CCCCN1N=C(C)C(=C2C(=O)C(c3ccc(N(CCOCCN(CC)c4ccc(/C=N/N5CCCC5)cc4)CCOCCN(CC)c4ccc(/C=N/N5CCCC5)cc4)cc3NC(=O)c3c(Br)cc(Br)cc3Br)=C2O)C1=O. The predicted octanol–water partition coefficient (Wildman–Crippen LogP) is 11.1. The molecule has 19 heteroatoms. The van der Waals surface area contributed by atoms with Gasteiger partial charge < -0.3 is 34.6 Å². The highest BCUT2D eigenvalue weighted by molar-refractivity contribution is 9.11. The Morgan fingerprint density at radius 3 is 1.64 bits per heavy atom. The van der Waals surface area contributed by atoms with Crippen molar-refractivity contribution in [2.45, 2.75) is 66.2 Å². The van der Waals surface area contributed by atoms with Gasteiger partial charge in [-0.1, -0.05) is 53.5 Å². The number of ether oxygens (including phenoxy) is 2. The van der Waals surface area contributed by atoms with E-state index in [0.29, 0.717) is 84.9 Å². The molecule has 78 heavy (non-hydrogen) atoms. The number of nitrogens with zero attached hydrogens (tertiary/aromatic N) is 9. The van der Waals surface area contributed by atoms with Crippen molar-refractivity contribution in [1.29, 1.82) is 0 Å². The molecule has 2 saturated heterocycles. The molecule has 3 aliphatic heterocycles. The van der Waals surface area contributed by atoms with E-state index in [1.807, 2.05) is 31.5 Å². The highest BCUT2D eigenvalue weighted by atomic mass is 79.9. The van der Waals surface area contributed by atoms with Crippen molar-refractivity contribution in [3.05, 3.63) is 131 Å². The topological polar surface area (TPSA) is 158 Å². The second-order valence-corrected chi connectivity index (χ2v) is 22.2. The van der Waals surface area contributed by atoms with Crippen molar-refractivity contribution in [2.24, 2.45) is 15.3 Å². The van der Waals surface area contributed by atoms with Crippen LogP contribution in [-0.2, 0) is 19.1 Å². The number of anilines is 4. The Morgan fingerprint density at radius 2 is 1.17 bits per heavy atom. The van der Waals surface area contributed by atoms with Crippen LogP contribution in [-0.4, -0.2) is 154 Å². The van der Waals surface area contributed by atoms with Crippen LogP contribution in [0.15, 0.2) is 124 Å². The van der Waals surface area contributed by atoms with Gasteiger partial charge in [-0.25, -0.2) is 5.01 Å². The van der Waals surface area contributed by atoms with Gasteiger partial charge in [-0.05, 0) is 150 Å². The molecule has 1 aliphatic carbocycles. The van der Waals surface area contributed by atoms with E-state index >= 15 is 0 Å². The summed E-state index contributed by atoms with van der Waals surface area (Å²) in [4.78, 5) is 48.8. The van der Waals surface area contributed by atoms with Crippen LogP contribution in [0.3, 0.4) is 0 Å². The summed E-state index contributed by atoms with van der Waals surface area (Å²) in [6.07, 6.45) is 10.2. The Labute approximate surface area is 484 Å². The summed E-state index contributed by atoms with van der Waals surface area (Å²) >= 11 is 10.6. The van der Waals surface area contributed by atoms with Gasteiger partial charge in [-0.2, -0.15) is 15.3 Å². The molecule has 0 bridgehead atoms. The largest absolute Gasteiger partial charge is 0.506 e. The number of amides is 2. The van der Waals surface area contributed by atoms with E-state index in [0.717, 1.165) is 84.8 Å². The third kappa shape index (κ3) is 14.7. The second-order valence-electron chi connectivity index (χ2n) is 19.6. The van der Waals surface area contributed by atoms with Crippen molar-refractivity contribution in [3.63, 3.8) is 0 Å². The van der Waals surface area contributed by atoms with Crippen molar-refractivity contribution in [1.82, 2.24) is 15.0 Å². The minimum Gasteiger partial charge on any atom is -0.506 e. The first kappa shape index (κ1) is 58.3. The van der Waals surface area contributed by atoms with Gasteiger partial charge in [0.15, 0.2) is 0 Å². The summed E-state index contributed by atoms with van der Waals surface area (Å²) in [6.45, 7) is 18.1. The van der Waals surface area contributed by atoms with E-state index in [2.05, 4.69) is 156 Å². The van der Waals surface area contributed by atoms with Crippen molar-refractivity contribution < 1.29 is 29.0 Å². The number of hydrogen-bond acceptors (Lipinski definition) is 14. The maximum atomic E-state index is 14.3. The smallest absolute Gasteiger partial charge is 0.276 e. The van der Waals surface area contributed by atoms with Crippen LogP contribution in [0, 0.1) is 0 Å². The maximum Gasteiger partial charge on any atom is 0.276 e. The predicted molar refractivity (Wildman–Crippen MR) is 325 cm³/mol. The maximum absolute atomic E-state index is 14.3. The van der Waals surface area contributed by atoms with E-state index in [1.165, 1.54) is 30.7 Å². The Balaban J connectivity index is 1.00. The molecule has 3 heterocycles. The number of hydrazone groups is 3. The number of allylic oxidation sites excluding steroid dienone is 2. The number of halogens is 3. The van der Waals surface area contributed by atoms with Gasteiger partial charge in [-0.3, -0.25) is 24.4 Å². The summed E-state index contributed by atoms with van der Waals surface area (Å²) in [5.41, 5.74) is 6.37. The third-order valence-electron chi connectivity index (χ3n) is 14.3. The number of aliphatic hydroxyl groups excluding tert-OH is 1. The molecule has 414 valence electrons. The lowest BCUT2D eigenvalue weighted by Gasteiger charge is -2.29. The lowest BCUT2D eigenvalue weighted by Crippen LogP contribution is -2.33. The molecule has 0 spiro atoms. The molecule has 2 fully saturated rings. The number of aliphatic hydroxyl groups is 1. The number of Topliss-reactive ketones (excluding diaryl/α,β-unsaturated/α-hetero) is 1. The summed E-state index contributed by atoms with van der Waals surface area (Å²) in [5, 5.41) is 34.1. The number of likely N-dealkylation sites (N-methyl/N-ethyl adjacent to an activating group) is 2. The number of benzene rings is 4. The minimum absolute atomic E-state index is 0.00484. The molecule has 8 rings (SSSR count). The molecule has 4 aromatic rings. The van der Waals surface area contributed by atoms with Crippen LogP contribution in [0.2, 0.25) is 0 Å². The van der Waals surface area contributed by atoms with Crippen LogP contribution >= 0.6 is 47.8 Å². The highest BCUT2D eigenvalue weighted by Gasteiger charge is 2.43. The lowest BCUT2D eigenvalue weighted by molar-refractivity contribution is -0.126. The van der Waals surface area contributed by atoms with Gasteiger partial charge in [0, 0.05) is 108 Å². The molecular formula is C59H71Br3N10O6. The van der Waals surface area contributed by atoms with Crippen molar-refractivity contribution >= 4 is 112 Å². The fraction of sp³-hybridized carbons (Fsp3) is 0.424. The minimum atomic E-state index is -0.512. The van der Waals surface area contributed by atoms with E-state index in [4.69, 9.17) is 9.47 Å². The first-order valence-corrected chi connectivity index (χ1v) is 29.6. The molecule has 2 amide bonds. The average molecular weight is 1260 g/mol. The van der Waals surface area contributed by atoms with Crippen LogP contribution < -0.4 is 20.0 Å². The standard InChI is InChI=1S/C59H71Br3N10O6/c1-5-8-27-72-59(76)52(41(4)66-72)55-56(73)53(57(55)74)48-22-21-47(38-51(48)65-58(75)54-49(61)36-44(60)37-50(54)62)69(30-34-77-32-28-67(6-2)45-17-13-42(14-18-45)39-63-70-23-9-10-24-70)31-35-78-33-29-68(7-3)46-19-15-43(16-20-46)40-64-71-25-11-12-26-71/h13-22,36-40,73H,5-12,23-35H2,1-4H3,(H,65,75)/b55-52?,63-39+,64-40+. The summed E-state index contributed by atoms with van der Waals surface area (Å²) in [6, 6.07) is 25.9. The van der Waals surface area contributed by atoms with Crippen LogP contribution in [0.5, 0.6) is 0 Å². The van der Waals surface area contributed by atoms with E-state index in [-0.39, 0.29) is 28.2 Å². The van der Waals surface area contributed by atoms with Gasteiger partial charge in [0.2, 0.25) is 5.78 Å². The number of carbonyl (C=O) groups excluding carboxylic acids is 3. The van der Waals surface area contributed by atoms with Crippen molar-refractivity contribution in [3.8, 4) is 0 Å². The zero-order valence-electron chi connectivity index (χ0n) is 45.2. The number of nitrogens with one attached hydrogen (secondary N) is 1. The van der Waals surface area contributed by atoms with Crippen molar-refractivity contribution in [2.75, 3.05) is 118 Å². The summed E-state index contributed by atoms with van der Waals surface area (Å²) < 4.78 is 14.5. The molecule has 0 atom stereocenters. The lowest BCUT2D eigenvalue weighted by atomic mass is 9.79. The Bertz CT molecular complexity index is 2810. The Morgan fingerprint density at radius 1 is 0.679 bits per heavy atom. The molecule has 4 aromatic carbocycles. The molecule has 4 aliphatic rings. The van der Waals surface area contributed by atoms with Crippen LogP contribution in [0.1, 0.15) is 93.3 Å². The van der Waals surface area contributed by atoms with Gasteiger partial charge in [0.25, 0.3) is 11.8 Å². The Hall–Kier alpha value is -5.86. The molecule has 0 radical (unpaired) electrons. The average Bonchev–Trinajstić information content (AvgIpc) is 4.23. The molecule has 0 aromatic heterocycles. The number of unbranched alkanes of at least 4 members (excludes halogenated alkanes) is 1. The van der Waals surface area contributed by atoms with Crippen LogP contribution in [0.25, 0.3) is 5.57 Å². The number of carbonyl (C=O) groups is 3. The van der Waals surface area contributed by atoms with Crippen LogP contribution in [0.4, 0.5) is 22.7 Å². The first-order valence-electron chi connectivity index (χ1n) is 27.3. The fourth-order valence-electron chi connectivity index (χ4n) is 9.87. The molecular weight excluding hydrogens is 1180 g/mol. The number of hydrogen-bond donors (Lipinski definition) is 2. The fourth-order valence-corrected chi connectivity index (χ4v) is 12.5. The van der Waals surface area contributed by atoms with Gasteiger partial charge >= 0.3 is 0 Å². The highest BCUT2D eigenvalue weighted by Crippen LogP contribution is 2.43. The second kappa shape index (κ2) is 28.3. The molecule has 16 nitrogen and oxygen atoms in total. The summed E-state index contributed by atoms with van der Waals surface area (Å²) in [5.74, 6) is -1.72. The first-order chi connectivity index (χ1) is 37.9.